The number of rotatable bonds is 4. The number of anilines is 1. The largest absolute Gasteiger partial charge is 0.366 e. The van der Waals surface area contributed by atoms with Gasteiger partial charge in [-0.2, -0.15) is 0 Å². The summed E-state index contributed by atoms with van der Waals surface area (Å²) in [4.78, 5) is 12.8. The molecule has 0 aliphatic carbocycles. The Morgan fingerprint density at radius 1 is 1.00 bits per heavy atom. The van der Waals surface area contributed by atoms with Crippen LogP contribution in [-0.2, 0) is 6.54 Å². The van der Waals surface area contributed by atoms with E-state index in [1.807, 2.05) is 47.2 Å². The molecule has 1 N–H and O–H groups in total. The van der Waals surface area contributed by atoms with Crippen molar-refractivity contribution in [3.05, 3.63) is 78.1 Å². The number of nitrogens with zero attached hydrogens (tertiary/aromatic N) is 4. The Morgan fingerprint density at radius 2 is 1.88 bits per heavy atom. The number of halogens is 1. The van der Waals surface area contributed by atoms with Crippen LogP contribution in [0.25, 0.3) is 16.6 Å². The molecule has 4 aromatic rings. The minimum Gasteiger partial charge on any atom is -0.366 e. The molecule has 3 aromatic heterocycles. The Balaban J connectivity index is 1.76. The summed E-state index contributed by atoms with van der Waals surface area (Å²) in [5.74, 6) is 0.783. The van der Waals surface area contributed by atoms with Crippen molar-refractivity contribution >= 4 is 28.3 Å². The summed E-state index contributed by atoms with van der Waals surface area (Å²) in [6, 6.07) is 11.7. The molecule has 3 heterocycles. The van der Waals surface area contributed by atoms with Gasteiger partial charge in [-0.25, -0.2) is 9.97 Å². The van der Waals surface area contributed by atoms with E-state index in [1.165, 1.54) is 0 Å². The average molecular weight is 336 g/mol. The molecule has 5 nitrogen and oxygen atoms in total. The van der Waals surface area contributed by atoms with Crippen LogP contribution in [0.2, 0.25) is 5.02 Å². The van der Waals surface area contributed by atoms with Gasteiger partial charge in [-0.15, -0.1) is 0 Å². The maximum absolute atomic E-state index is 6.13. The van der Waals surface area contributed by atoms with Gasteiger partial charge in [0.2, 0.25) is 0 Å². The molecule has 0 unspecified atom stereocenters. The zero-order valence-corrected chi connectivity index (χ0v) is 13.5. The molecule has 1 aromatic carbocycles. The maximum Gasteiger partial charge on any atom is 0.129 e. The van der Waals surface area contributed by atoms with E-state index >= 15 is 0 Å². The van der Waals surface area contributed by atoms with Crippen LogP contribution < -0.4 is 5.32 Å². The Hall–Kier alpha value is -2.92. The number of pyridine rings is 2. The molecule has 0 spiro atoms. The van der Waals surface area contributed by atoms with E-state index < -0.39 is 0 Å². The zero-order valence-electron chi connectivity index (χ0n) is 12.7. The van der Waals surface area contributed by atoms with Gasteiger partial charge in [0, 0.05) is 47.8 Å². The Kier molecular flexibility index (Phi) is 3.84. The summed E-state index contributed by atoms with van der Waals surface area (Å²) in [5.41, 5.74) is 2.99. The van der Waals surface area contributed by atoms with E-state index in [2.05, 4.69) is 20.3 Å². The van der Waals surface area contributed by atoms with Crippen LogP contribution in [0.1, 0.15) is 5.56 Å². The number of fused-ring (bicyclic) bond motifs is 1. The van der Waals surface area contributed by atoms with Crippen LogP contribution >= 0.6 is 11.6 Å². The van der Waals surface area contributed by atoms with Gasteiger partial charge in [0.05, 0.1) is 17.5 Å². The minimum atomic E-state index is 0.665. The smallest absolute Gasteiger partial charge is 0.129 e. The first kappa shape index (κ1) is 14.7. The number of nitrogens with one attached hydrogen (secondary N) is 1. The van der Waals surface area contributed by atoms with Crippen molar-refractivity contribution in [3.63, 3.8) is 0 Å². The highest BCUT2D eigenvalue weighted by molar-refractivity contribution is 6.31. The van der Waals surface area contributed by atoms with Crippen molar-refractivity contribution in [1.29, 1.82) is 0 Å². The Labute approximate surface area is 144 Å². The second-order valence-electron chi connectivity index (χ2n) is 5.37. The fraction of sp³-hybridized carbons (Fsp3) is 0.0556. The van der Waals surface area contributed by atoms with Crippen LogP contribution in [0.15, 0.2) is 67.5 Å². The van der Waals surface area contributed by atoms with E-state index in [9.17, 15) is 0 Å². The van der Waals surface area contributed by atoms with Crippen molar-refractivity contribution < 1.29 is 0 Å². The predicted molar refractivity (Wildman–Crippen MR) is 95.4 cm³/mol. The summed E-state index contributed by atoms with van der Waals surface area (Å²) in [6.45, 7) is 0.672. The molecule has 6 heteroatoms. The minimum absolute atomic E-state index is 0.665. The number of imidazole rings is 1. The van der Waals surface area contributed by atoms with Gasteiger partial charge in [-0.3, -0.25) is 4.98 Å². The monoisotopic (exact) mass is 335 g/mol. The normalized spacial score (nSPS) is 10.9. The van der Waals surface area contributed by atoms with Crippen LogP contribution in [0, 0.1) is 0 Å². The van der Waals surface area contributed by atoms with Gasteiger partial charge in [0.25, 0.3) is 0 Å². The lowest BCUT2D eigenvalue weighted by molar-refractivity contribution is 1.05. The van der Waals surface area contributed by atoms with Gasteiger partial charge in [0.1, 0.15) is 5.82 Å². The molecule has 0 atom stereocenters. The molecule has 0 aliphatic rings. The molecule has 0 fully saturated rings. The molecule has 0 bridgehead atoms. The van der Waals surface area contributed by atoms with Crippen LogP contribution in [0.3, 0.4) is 0 Å². The molecule has 4 rings (SSSR count). The molecule has 24 heavy (non-hydrogen) atoms. The molecule has 0 amide bonds. The van der Waals surface area contributed by atoms with E-state index in [0.717, 1.165) is 28.0 Å². The van der Waals surface area contributed by atoms with Gasteiger partial charge in [0.15, 0.2) is 0 Å². The lowest BCUT2D eigenvalue weighted by Gasteiger charge is -2.12. The molecular formula is C18H14ClN5. The van der Waals surface area contributed by atoms with E-state index in [1.54, 1.807) is 24.9 Å². The average Bonchev–Trinajstić information content (AvgIpc) is 3.14. The number of aromatic nitrogens is 4. The third-order valence-electron chi connectivity index (χ3n) is 3.76. The second kappa shape index (κ2) is 6.29. The van der Waals surface area contributed by atoms with Crippen molar-refractivity contribution in [1.82, 2.24) is 19.5 Å². The summed E-state index contributed by atoms with van der Waals surface area (Å²) >= 11 is 6.13. The fourth-order valence-corrected chi connectivity index (χ4v) is 2.75. The fourth-order valence-electron chi connectivity index (χ4n) is 2.58. The van der Waals surface area contributed by atoms with E-state index in [-0.39, 0.29) is 0 Å². The number of hydrogen-bond acceptors (Lipinski definition) is 4. The maximum atomic E-state index is 6.13. The van der Waals surface area contributed by atoms with Gasteiger partial charge >= 0.3 is 0 Å². The van der Waals surface area contributed by atoms with Crippen LogP contribution in [0.4, 0.5) is 5.82 Å². The highest BCUT2D eigenvalue weighted by Crippen LogP contribution is 2.26. The van der Waals surface area contributed by atoms with Crippen molar-refractivity contribution in [2.24, 2.45) is 0 Å². The SMILES string of the molecule is Clc1ccc2c(-n3ccnc3)cc(NCc3ccncc3)nc2c1. The number of benzene rings is 1. The third kappa shape index (κ3) is 2.94. The third-order valence-corrected chi connectivity index (χ3v) is 3.99. The quantitative estimate of drug-likeness (QED) is 0.610. The van der Waals surface area contributed by atoms with E-state index in [4.69, 9.17) is 11.6 Å². The van der Waals surface area contributed by atoms with Crippen LogP contribution in [0.5, 0.6) is 0 Å². The lowest BCUT2D eigenvalue weighted by atomic mass is 10.1. The summed E-state index contributed by atoms with van der Waals surface area (Å²) < 4.78 is 1.97. The highest BCUT2D eigenvalue weighted by Gasteiger charge is 2.08. The standard InChI is InChI=1S/C18H14ClN5/c19-14-1-2-15-16(9-14)23-18(10-17(15)24-8-7-21-12-24)22-11-13-3-5-20-6-4-13/h1-10,12H,11H2,(H,22,23). The summed E-state index contributed by atoms with van der Waals surface area (Å²) in [5, 5.41) is 5.04. The molecular weight excluding hydrogens is 322 g/mol. The lowest BCUT2D eigenvalue weighted by Crippen LogP contribution is -2.03. The zero-order chi connectivity index (χ0) is 16.4. The molecule has 0 aliphatic heterocycles. The van der Waals surface area contributed by atoms with Gasteiger partial charge < -0.3 is 9.88 Å². The topological polar surface area (TPSA) is 55.6 Å². The van der Waals surface area contributed by atoms with Gasteiger partial charge in [-0.1, -0.05) is 11.6 Å². The van der Waals surface area contributed by atoms with Crippen LogP contribution in [-0.4, -0.2) is 19.5 Å². The first-order valence-electron chi connectivity index (χ1n) is 7.51. The Bertz CT molecular complexity index is 968. The predicted octanol–water partition coefficient (Wildman–Crippen LogP) is 4.08. The van der Waals surface area contributed by atoms with E-state index in [0.29, 0.717) is 11.6 Å². The first-order chi connectivity index (χ1) is 11.8. The second-order valence-corrected chi connectivity index (χ2v) is 5.80. The first-order valence-corrected chi connectivity index (χ1v) is 7.89. The van der Waals surface area contributed by atoms with Crippen molar-refractivity contribution in [2.45, 2.75) is 6.54 Å². The highest BCUT2D eigenvalue weighted by atomic mass is 35.5. The van der Waals surface area contributed by atoms with Crippen molar-refractivity contribution in [3.8, 4) is 5.69 Å². The summed E-state index contributed by atoms with van der Waals surface area (Å²) in [6.07, 6.45) is 9.00. The Morgan fingerprint density at radius 3 is 2.67 bits per heavy atom. The summed E-state index contributed by atoms with van der Waals surface area (Å²) in [7, 11) is 0. The van der Waals surface area contributed by atoms with Crippen molar-refractivity contribution in [2.75, 3.05) is 5.32 Å². The molecule has 118 valence electrons. The molecule has 0 saturated carbocycles. The van der Waals surface area contributed by atoms with Gasteiger partial charge in [-0.05, 0) is 35.9 Å². The number of hydrogen-bond donors (Lipinski definition) is 1. The molecule has 0 saturated heterocycles. The molecule has 0 radical (unpaired) electrons.